The third-order valence-corrected chi connectivity index (χ3v) is 2.18. The molecule has 3 amide bonds. The molecule has 1 heterocycles. The van der Waals surface area contributed by atoms with Gasteiger partial charge in [-0.2, -0.15) is 0 Å². The third-order valence-electron chi connectivity index (χ3n) is 2.18. The van der Waals surface area contributed by atoms with E-state index in [4.69, 9.17) is 0 Å². The molecule has 0 bridgehead atoms. The lowest BCUT2D eigenvalue weighted by atomic mass is 10.1. The largest absolute Gasteiger partial charge is 0.545 e. The summed E-state index contributed by atoms with van der Waals surface area (Å²) < 4.78 is 0. The lowest BCUT2D eigenvalue weighted by Gasteiger charge is -2.02. The molecule has 1 aromatic carbocycles. The number of carbonyl (C=O) groups excluding carboxylic acids is 3. The predicted molar refractivity (Wildman–Crippen MR) is 55.4 cm³/mol. The summed E-state index contributed by atoms with van der Waals surface area (Å²) in [6.07, 6.45) is 1.44. The highest BCUT2D eigenvalue weighted by atomic mass is 16.4. The van der Waals surface area contributed by atoms with E-state index in [1.54, 1.807) is 0 Å². The molecule has 17 heavy (non-hydrogen) atoms. The number of carboxylic acids is 1. The van der Waals surface area contributed by atoms with Crippen LogP contribution in [-0.4, -0.2) is 17.9 Å². The second-order valence-corrected chi connectivity index (χ2v) is 3.38. The first-order chi connectivity index (χ1) is 8.06. The maximum atomic E-state index is 11.2. The van der Waals surface area contributed by atoms with Crippen LogP contribution in [0.2, 0.25) is 0 Å². The van der Waals surface area contributed by atoms with Gasteiger partial charge in [0, 0.05) is 0 Å². The maximum Gasteiger partial charge on any atom is 0.326 e. The van der Waals surface area contributed by atoms with Gasteiger partial charge in [0.15, 0.2) is 0 Å². The summed E-state index contributed by atoms with van der Waals surface area (Å²) in [6.45, 7) is 0. The van der Waals surface area contributed by atoms with Crippen molar-refractivity contribution in [3.05, 3.63) is 41.1 Å². The Hall–Kier alpha value is -2.63. The minimum Gasteiger partial charge on any atom is -0.545 e. The molecule has 0 spiro atoms. The fourth-order valence-electron chi connectivity index (χ4n) is 1.36. The molecule has 1 aliphatic rings. The Balaban J connectivity index is 2.24. The highest BCUT2D eigenvalue weighted by Crippen LogP contribution is 2.09. The van der Waals surface area contributed by atoms with E-state index in [-0.39, 0.29) is 11.3 Å². The lowest BCUT2D eigenvalue weighted by Crippen LogP contribution is -2.22. The van der Waals surface area contributed by atoms with E-state index in [0.717, 1.165) is 0 Å². The van der Waals surface area contributed by atoms with Gasteiger partial charge >= 0.3 is 6.03 Å². The number of hydrogen-bond donors (Lipinski definition) is 2. The first-order valence-electron chi connectivity index (χ1n) is 4.72. The average Bonchev–Trinajstić information content (AvgIpc) is 2.58. The lowest BCUT2D eigenvalue weighted by molar-refractivity contribution is -0.255. The molecule has 1 aromatic rings. The Morgan fingerprint density at radius 1 is 1.12 bits per heavy atom. The van der Waals surface area contributed by atoms with Gasteiger partial charge in [-0.1, -0.05) is 24.3 Å². The van der Waals surface area contributed by atoms with Crippen LogP contribution < -0.4 is 15.7 Å². The van der Waals surface area contributed by atoms with Gasteiger partial charge in [-0.3, -0.25) is 10.1 Å². The Bertz CT molecular complexity index is 531. The number of carbonyl (C=O) groups is 3. The molecule has 1 aliphatic heterocycles. The number of hydrogen-bond acceptors (Lipinski definition) is 4. The molecule has 0 radical (unpaired) electrons. The molecular formula is C11H7N2O4-. The molecular weight excluding hydrogens is 224 g/mol. The minimum absolute atomic E-state index is 0.0482. The van der Waals surface area contributed by atoms with Gasteiger partial charge in [-0.25, -0.2) is 4.79 Å². The first-order valence-corrected chi connectivity index (χ1v) is 4.72. The van der Waals surface area contributed by atoms with E-state index in [1.165, 1.54) is 30.3 Å². The molecule has 1 fully saturated rings. The zero-order chi connectivity index (χ0) is 12.4. The number of nitrogens with one attached hydrogen (secondary N) is 2. The standard InChI is InChI=1S/C11H8N2O4/c14-9-8(12-11(17)13-9)5-6-1-3-7(4-2-6)10(15)16/h1-5H,(H,15,16)(H2,12,13,14,17)/p-1/b8-5+. The van der Waals surface area contributed by atoms with Crippen molar-refractivity contribution in [1.29, 1.82) is 0 Å². The maximum absolute atomic E-state index is 11.2. The summed E-state index contributed by atoms with van der Waals surface area (Å²) in [5, 5.41) is 14.9. The average molecular weight is 231 g/mol. The molecule has 1 saturated heterocycles. The topological polar surface area (TPSA) is 98.3 Å². The van der Waals surface area contributed by atoms with Crippen LogP contribution in [0.25, 0.3) is 6.08 Å². The van der Waals surface area contributed by atoms with Crippen LogP contribution in [0.1, 0.15) is 15.9 Å². The predicted octanol–water partition coefficient (Wildman–Crippen LogP) is -0.770. The highest BCUT2D eigenvalue weighted by Gasteiger charge is 2.22. The Morgan fingerprint density at radius 3 is 2.24 bits per heavy atom. The molecule has 0 atom stereocenters. The number of aromatic carboxylic acids is 1. The smallest absolute Gasteiger partial charge is 0.326 e. The van der Waals surface area contributed by atoms with Crippen molar-refractivity contribution in [2.24, 2.45) is 0 Å². The van der Waals surface area contributed by atoms with Crippen LogP contribution in [0.15, 0.2) is 30.0 Å². The zero-order valence-corrected chi connectivity index (χ0v) is 8.52. The molecule has 0 saturated carbocycles. The molecule has 6 heteroatoms. The van der Waals surface area contributed by atoms with Crippen LogP contribution in [-0.2, 0) is 4.79 Å². The van der Waals surface area contributed by atoms with Crippen LogP contribution in [0, 0.1) is 0 Å². The van der Waals surface area contributed by atoms with Crippen LogP contribution >= 0.6 is 0 Å². The van der Waals surface area contributed by atoms with E-state index < -0.39 is 17.9 Å². The van der Waals surface area contributed by atoms with Crippen LogP contribution in [0.4, 0.5) is 4.79 Å². The quantitative estimate of drug-likeness (QED) is 0.515. The summed E-state index contributed by atoms with van der Waals surface area (Å²) in [5.74, 6) is -1.78. The molecule has 6 nitrogen and oxygen atoms in total. The number of carboxylic acid groups (broad SMARTS) is 1. The van der Waals surface area contributed by atoms with Crippen molar-refractivity contribution in [3.63, 3.8) is 0 Å². The number of rotatable bonds is 2. The van der Waals surface area contributed by atoms with E-state index in [2.05, 4.69) is 10.6 Å². The Morgan fingerprint density at radius 2 is 1.76 bits per heavy atom. The van der Waals surface area contributed by atoms with Crippen molar-refractivity contribution in [1.82, 2.24) is 10.6 Å². The molecule has 0 aromatic heterocycles. The Kier molecular flexibility index (Phi) is 2.61. The van der Waals surface area contributed by atoms with Gasteiger partial charge in [0.05, 0.1) is 5.97 Å². The number of amides is 3. The number of benzene rings is 1. The van der Waals surface area contributed by atoms with Crippen molar-refractivity contribution in [3.8, 4) is 0 Å². The molecule has 2 rings (SSSR count). The summed E-state index contributed by atoms with van der Waals surface area (Å²) in [5.41, 5.74) is 0.769. The second kappa shape index (κ2) is 4.09. The highest BCUT2D eigenvalue weighted by molar-refractivity contribution is 6.13. The van der Waals surface area contributed by atoms with Gasteiger partial charge in [-0.05, 0) is 17.2 Å². The number of urea groups is 1. The molecule has 0 unspecified atom stereocenters. The monoisotopic (exact) mass is 231 g/mol. The number of imide groups is 1. The third kappa shape index (κ3) is 2.31. The molecule has 0 aliphatic carbocycles. The van der Waals surface area contributed by atoms with E-state index >= 15 is 0 Å². The van der Waals surface area contributed by atoms with Crippen LogP contribution in [0.3, 0.4) is 0 Å². The van der Waals surface area contributed by atoms with Crippen molar-refractivity contribution >= 4 is 24.0 Å². The zero-order valence-electron chi connectivity index (χ0n) is 8.52. The normalized spacial score (nSPS) is 16.8. The fraction of sp³-hybridized carbons (Fsp3) is 0. The van der Waals surface area contributed by atoms with Gasteiger partial charge in [0.25, 0.3) is 5.91 Å². The van der Waals surface area contributed by atoms with Crippen molar-refractivity contribution in [2.75, 3.05) is 0 Å². The Labute approximate surface area is 95.9 Å². The molecule has 86 valence electrons. The summed E-state index contributed by atoms with van der Waals surface area (Å²) in [6, 6.07) is 5.16. The van der Waals surface area contributed by atoms with Gasteiger partial charge in [0.1, 0.15) is 5.70 Å². The summed E-state index contributed by atoms with van der Waals surface area (Å²) in [7, 11) is 0. The van der Waals surface area contributed by atoms with Crippen molar-refractivity contribution in [2.45, 2.75) is 0 Å². The fourth-order valence-corrected chi connectivity index (χ4v) is 1.36. The SMILES string of the molecule is O=C1NC(=O)/C(=C\c2ccc(C(=O)[O-])cc2)N1. The van der Waals surface area contributed by atoms with Gasteiger partial charge in [-0.15, -0.1) is 0 Å². The van der Waals surface area contributed by atoms with Crippen molar-refractivity contribution < 1.29 is 19.5 Å². The second-order valence-electron chi connectivity index (χ2n) is 3.38. The first kappa shape index (κ1) is 10.9. The van der Waals surface area contributed by atoms with E-state index in [1.807, 2.05) is 0 Å². The van der Waals surface area contributed by atoms with Gasteiger partial charge < -0.3 is 15.2 Å². The summed E-state index contributed by atoms with van der Waals surface area (Å²) >= 11 is 0. The van der Waals surface area contributed by atoms with Crippen LogP contribution in [0.5, 0.6) is 0 Å². The van der Waals surface area contributed by atoms with E-state index in [0.29, 0.717) is 5.56 Å². The van der Waals surface area contributed by atoms with Gasteiger partial charge in [0.2, 0.25) is 0 Å². The minimum atomic E-state index is -1.27. The van der Waals surface area contributed by atoms with E-state index in [9.17, 15) is 19.5 Å². The summed E-state index contributed by atoms with van der Waals surface area (Å²) in [4.78, 5) is 32.5. The molecule has 2 N–H and O–H groups in total.